The van der Waals surface area contributed by atoms with Crippen LogP contribution in [0.5, 0.6) is 0 Å². The van der Waals surface area contributed by atoms with Crippen LogP contribution in [0.3, 0.4) is 0 Å². The SMILES string of the molecule is CCOC(=O)C1(Sc2ccnc3ccc(-c4ccc(F)cc4)cc23)CCC1.O=C(O)C1(Sc2ccnc3ccc(-c4ccc(F)cc4)cc23)CCC1. The number of rotatable bonds is 9. The normalized spacial score (nSPS) is 15.5. The number of hydrogen-bond acceptors (Lipinski definition) is 7. The number of aromatic nitrogens is 2. The van der Waals surface area contributed by atoms with Gasteiger partial charge in [-0.2, -0.15) is 0 Å². The van der Waals surface area contributed by atoms with Crippen molar-refractivity contribution in [2.45, 2.75) is 64.7 Å². The van der Waals surface area contributed by atoms with Crippen molar-refractivity contribution in [1.29, 1.82) is 0 Å². The Morgan fingerprint density at radius 2 is 1.08 bits per heavy atom. The Labute approximate surface area is 309 Å². The number of carbonyl (C=O) groups is 2. The van der Waals surface area contributed by atoms with E-state index in [1.165, 1.54) is 36.0 Å². The Balaban J connectivity index is 0.000000162. The number of hydrogen-bond donors (Lipinski definition) is 1. The predicted octanol–water partition coefficient (Wildman–Crippen LogP) is 10.8. The quantitative estimate of drug-likeness (QED) is 0.147. The van der Waals surface area contributed by atoms with Crippen LogP contribution in [-0.2, 0) is 14.3 Å². The van der Waals surface area contributed by atoms with Gasteiger partial charge in [0, 0.05) is 33.0 Å². The van der Waals surface area contributed by atoms with Gasteiger partial charge in [0.25, 0.3) is 0 Å². The Hall–Kier alpha value is -4.80. The fourth-order valence-corrected chi connectivity index (χ4v) is 9.31. The van der Waals surface area contributed by atoms with E-state index in [1.54, 1.807) is 48.4 Å². The zero-order chi connectivity index (χ0) is 36.3. The molecule has 10 heteroatoms. The number of carboxylic acid groups (broad SMARTS) is 1. The summed E-state index contributed by atoms with van der Waals surface area (Å²) in [6.45, 7) is 2.23. The summed E-state index contributed by atoms with van der Waals surface area (Å²) in [4.78, 5) is 35.0. The number of ether oxygens (including phenoxy) is 1. The lowest BCUT2D eigenvalue weighted by Crippen LogP contribution is -2.43. The van der Waals surface area contributed by atoms with E-state index in [0.717, 1.165) is 79.5 Å². The van der Waals surface area contributed by atoms with Crippen molar-refractivity contribution in [3.05, 3.63) is 121 Å². The highest BCUT2D eigenvalue weighted by Crippen LogP contribution is 2.51. The first-order chi connectivity index (χ1) is 25.2. The van der Waals surface area contributed by atoms with Gasteiger partial charge in [-0.1, -0.05) is 36.4 Å². The molecule has 0 amide bonds. The third kappa shape index (κ3) is 7.27. The van der Waals surface area contributed by atoms with Crippen LogP contribution in [0.4, 0.5) is 8.78 Å². The molecule has 6 aromatic rings. The van der Waals surface area contributed by atoms with Gasteiger partial charge in [-0.15, -0.1) is 23.5 Å². The summed E-state index contributed by atoms with van der Waals surface area (Å²) in [6.07, 6.45) is 8.52. The zero-order valence-corrected chi connectivity index (χ0v) is 30.1. The minimum absolute atomic E-state index is 0.124. The van der Waals surface area contributed by atoms with Gasteiger partial charge in [-0.3, -0.25) is 19.6 Å². The van der Waals surface area contributed by atoms with E-state index in [0.29, 0.717) is 19.4 Å². The largest absolute Gasteiger partial charge is 0.480 e. The average molecular weight is 735 g/mol. The maximum Gasteiger partial charge on any atom is 0.322 e. The predicted molar refractivity (Wildman–Crippen MR) is 203 cm³/mol. The van der Waals surface area contributed by atoms with Gasteiger partial charge in [0.05, 0.1) is 17.6 Å². The van der Waals surface area contributed by atoms with E-state index >= 15 is 0 Å². The van der Waals surface area contributed by atoms with E-state index in [-0.39, 0.29) is 17.6 Å². The van der Waals surface area contributed by atoms with E-state index in [4.69, 9.17) is 4.74 Å². The van der Waals surface area contributed by atoms with Crippen LogP contribution in [0.15, 0.2) is 119 Å². The number of halogens is 2. The molecular formula is C42H36F2N2O4S2. The highest BCUT2D eigenvalue weighted by atomic mass is 32.2. The van der Waals surface area contributed by atoms with Crippen molar-refractivity contribution in [3.8, 4) is 22.3 Å². The van der Waals surface area contributed by atoms with Crippen molar-refractivity contribution in [2.24, 2.45) is 0 Å². The van der Waals surface area contributed by atoms with Crippen LogP contribution >= 0.6 is 23.5 Å². The van der Waals surface area contributed by atoms with Crippen LogP contribution in [0.2, 0.25) is 0 Å². The Bertz CT molecular complexity index is 2260. The molecule has 0 bridgehead atoms. The Kier molecular flexibility index (Phi) is 10.3. The molecule has 2 aliphatic rings. The summed E-state index contributed by atoms with van der Waals surface area (Å²) >= 11 is 3.01. The topological polar surface area (TPSA) is 89.4 Å². The first-order valence-electron chi connectivity index (χ1n) is 17.3. The number of carbonyl (C=O) groups excluding carboxylic acids is 1. The van der Waals surface area contributed by atoms with Crippen molar-refractivity contribution in [1.82, 2.24) is 9.97 Å². The number of carboxylic acids is 1. The summed E-state index contributed by atoms with van der Waals surface area (Å²) in [7, 11) is 0. The van der Waals surface area contributed by atoms with Gasteiger partial charge in [-0.05, 0) is 128 Å². The van der Waals surface area contributed by atoms with E-state index in [9.17, 15) is 23.5 Å². The molecule has 0 unspecified atom stereocenters. The molecule has 6 nitrogen and oxygen atoms in total. The third-order valence-corrected chi connectivity index (χ3v) is 12.8. The van der Waals surface area contributed by atoms with Gasteiger partial charge in [0.15, 0.2) is 0 Å². The second kappa shape index (κ2) is 15.0. The maximum absolute atomic E-state index is 13.2. The molecule has 4 aromatic carbocycles. The summed E-state index contributed by atoms with van der Waals surface area (Å²) in [5, 5.41) is 11.5. The van der Waals surface area contributed by atoms with E-state index < -0.39 is 15.5 Å². The lowest BCUT2D eigenvalue weighted by atomic mass is 9.84. The zero-order valence-electron chi connectivity index (χ0n) is 28.5. The third-order valence-electron chi connectivity index (χ3n) is 9.73. The van der Waals surface area contributed by atoms with Gasteiger partial charge in [0.2, 0.25) is 0 Å². The van der Waals surface area contributed by atoms with Crippen LogP contribution in [0.25, 0.3) is 44.1 Å². The summed E-state index contributed by atoms with van der Waals surface area (Å²) in [5.74, 6) is -1.39. The summed E-state index contributed by atoms with van der Waals surface area (Å²) < 4.78 is 30.5. The minimum Gasteiger partial charge on any atom is -0.480 e. The number of benzene rings is 4. The molecule has 0 aliphatic heterocycles. The number of esters is 1. The number of fused-ring (bicyclic) bond motifs is 2. The molecule has 2 aliphatic carbocycles. The highest BCUT2D eigenvalue weighted by Gasteiger charge is 2.47. The maximum atomic E-state index is 13.2. The van der Waals surface area contributed by atoms with E-state index in [1.807, 2.05) is 49.4 Å². The standard InChI is InChI=1S/C22H20FNO2S.C20H16FNO2S/c1-2-26-21(25)22(11-3-12-22)27-20-10-13-24-19-9-6-16(14-18(19)20)15-4-7-17(23)8-5-15;21-15-5-2-13(3-6-15)14-4-7-17-16(12-14)18(8-11-22-17)25-20(19(23)24)9-1-10-20/h4-10,13-14H,2-3,11-12H2,1H3;2-8,11-12H,1,9-10H2,(H,23,24). The molecule has 2 fully saturated rings. The molecule has 0 atom stereocenters. The molecule has 2 heterocycles. The van der Waals surface area contributed by atoms with Crippen molar-refractivity contribution in [3.63, 3.8) is 0 Å². The highest BCUT2D eigenvalue weighted by molar-refractivity contribution is 8.02. The first-order valence-corrected chi connectivity index (χ1v) is 18.9. The van der Waals surface area contributed by atoms with Gasteiger partial charge in [0.1, 0.15) is 21.1 Å². The van der Waals surface area contributed by atoms with Crippen molar-refractivity contribution >= 4 is 57.3 Å². The second-order valence-electron chi connectivity index (χ2n) is 13.0. The van der Waals surface area contributed by atoms with Crippen LogP contribution < -0.4 is 0 Å². The Morgan fingerprint density at radius 1 is 0.654 bits per heavy atom. The average Bonchev–Trinajstić information content (AvgIpc) is 3.12. The second-order valence-corrected chi connectivity index (χ2v) is 15.9. The smallest absolute Gasteiger partial charge is 0.322 e. The molecule has 0 spiro atoms. The molecular weight excluding hydrogens is 699 g/mol. The number of nitrogens with zero attached hydrogens (tertiary/aromatic N) is 2. The minimum atomic E-state index is -0.747. The Morgan fingerprint density at radius 3 is 1.46 bits per heavy atom. The number of thioether (sulfide) groups is 2. The lowest BCUT2D eigenvalue weighted by Gasteiger charge is -2.38. The van der Waals surface area contributed by atoms with Gasteiger partial charge < -0.3 is 9.84 Å². The first kappa shape index (κ1) is 35.6. The van der Waals surface area contributed by atoms with Crippen molar-refractivity contribution in [2.75, 3.05) is 6.61 Å². The lowest BCUT2D eigenvalue weighted by molar-refractivity contribution is -0.148. The van der Waals surface area contributed by atoms with Gasteiger partial charge >= 0.3 is 11.9 Å². The number of aliphatic carboxylic acids is 1. The molecule has 52 heavy (non-hydrogen) atoms. The van der Waals surface area contributed by atoms with Crippen LogP contribution in [-0.4, -0.2) is 43.1 Å². The summed E-state index contributed by atoms with van der Waals surface area (Å²) in [5.41, 5.74) is 5.53. The summed E-state index contributed by atoms with van der Waals surface area (Å²) in [6, 6.07) is 28.6. The van der Waals surface area contributed by atoms with Crippen LogP contribution in [0.1, 0.15) is 45.4 Å². The molecule has 264 valence electrons. The van der Waals surface area contributed by atoms with Crippen LogP contribution in [0, 0.1) is 11.6 Å². The molecule has 8 rings (SSSR count). The molecule has 2 aromatic heterocycles. The molecule has 0 radical (unpaired) electrons. The number of pyridine rings is 2. The van der Waals surface area contributed by atoms with E-state index in [2.05, 4.69) is 16.0 Å². The van der Waals surface area contributed by atoms with Crippen molar-refractivity contribution < 1.29 is 28.2 Å². The molecule has 2 saturated carbocycles. The fourth-order valence-electron chi connectivity index (χ4n) is 6.45. The fraction of sp³-hybridized carbons (Fsp3) is 0.238. The molecule has 1 N–H and O–H groups in total. The molecule has 0 saturated heterocycles. The monoisotopic (exact) mass is 734 g/mol. The van der Waals surface area contributed by atoms with Gasteiger partial charge in [-0.25, -0.2) is 8.78 Å².